The standard InChI is InChI=1S/C6H5N5O/c12-6-7-2-1-4(10-6)5-8-3-9-11-5/h1-3H,(H,7,10,12)(H,8,9,11). The van der Waals surface area contributed by atoms with E-state index in [1.54, 1.807) is 6.07 Å². The van der Waals surface area contributed by atoms with Crippen LogP contribution in [0.15, 0.2) is 23.4 Å². The summed E-state index contributed by atoms with van der Waals surface area (Å²) >= 11 is 0. The van der Waals surface area contributed by atoms with Gasteiger partial charge in [0.2, 0.25) is 0 Å². The summed E-state index contributed by atoms with van der Waals surface area (Å²) in [6, 6.07) is 1.64. The first-order valence-electron chi connectivity index (χ1n) is 3.27. The predicted octanol–water partition coefficient (Wildman–Crippen LogP) is -0.445. The summed E-state index contributed by atoms with van der Waals surface area (Å²) < 4.78 is 0. The van der Waals surface area contributed by atoms with E-state index in [4.69, 9.17) is 0 Å². The lowest BCUT2D eigenvalue weighted by atomic mass is 10.4. The van der Waals surface area contributed by atoms with Crippen LogP contribution in [0, 0.1) is 0 Å². The molecule has 12 heavy (non-hydrogen) atoms. The minimum atomic E-state index is -0.399. The van der Waals surface area contributed by atoms with Crippen LogP contribution in [0.25, 0.3) is 11.5 Å². The molecule has 0 aromatic carbocycles. The first-order valence-corrected chi connectivity index (χ1v) is 3.27. The maximum atomic E-state index is 10.8. The first kappa shape index (κ1) is 6.71. The van der Waals surface area contributed by atoms with Crippen molar-refractivity contribution in [2.45, 2.75) is 0 Å². The summed E-state index contributed by atoms with van der Waals surface area (Å²) in [7, 11) is 0. The average Bonchev–Trinajstić information content (AvgIpc) is 2.56. The molecule has 0 aliphatic rings. The summed E-state index contributed by atoms with van der Waals surface area (Å²) in [6.07, 6.45) is 2.78. The van der Waals surface area contributed by atoms with Crippen LogP contribution in [0.5, 0.6) is 0 Å². The van der Waals surface area contributed by atoms with Crippen molar-refractivity contribution >= 4 is 0 Å². The monoisotopic (exact) mass is 163 g/mol. The molecule has 0 unspecified atom stereocenters. The summed E-state index contributed by atoms with van der Waals surface area (Å²) in [5.41, 5.74) is 0.177. The molecule has 0 spiro atoms. The number of hydrogen-bond donors (Lipinski definition) is 2. The van der Waals surface area contributed by atoms with E-state index in [1.807, 2.05) is 0 Å². The number of hydrogen-bond acceptors (Lipinski definition) is 4. The lowest BCUT2D eigenvalue weighted by molar-refractivity contribution is 1.04. The smallest absolute Gasteiger partial charge is 0.303 e. The van der Waals surface area contributed by atoms with E-state index in [1.165, 1.54) is 12.5 Å². The van der Waals surface area contributed by atoms with Gasteiger partial charge < -0.3 is 4.98 Å². The van der Waals surface area contributed by atoms with Crippen LogP contribution >= 0.6 is 0 Å². The minimum absolute atomic E-state index is 0.399. The summed E-state index contributed by atoms with van der Waals surface area (Å²) in [6.45, 7) is 0. The molecule has 6 nitrogen and oxygen atoms in total. The van der Waals surface area contributed by atoms with Gasteiger partial charge in [-0.2, -0.15) is 5.10 Å². The summed E-state index contributed by atoms with van der Waals surface area (Å²) in [4.78, 5) is 20.6. The maximum absolute atomic E-state index is 10.8. The zero-order valence-corrected chi connectivity index (χ0v) is 5.98. The van der Waals surface area contributed by atoms with E-state index in [9.17, 15) is 4.79 Å². The van der Waals surface area contributed by atoms with Gasteiger partial charge in [0.05, 0.1) is 5.69 Å². The Morgan fingerprint density at radius 1 is 1.33 bits per heavy atom. The Balaban J connectivity index is 2.55. The van der Waals surface area contributed by atoms with E-state index in [0.717, 1.165) is 0 Å². The zero-order chi connectivity index (χ0) is 8.39. The molecule has 2 rings (SSSR count). The Morgan fingerprint density at radius 2 is 2.25 bits per heavy atom. The van der Waals surface area contributed by atoms with E-state index in [-0.39, 0.29) is 0 Å². The minimum Gasteiger partial charge on any atom is -0.303 e. The lowest BCUT2D eigenvalue weighted by Crippen LogP contribution is -2.09. The SMILES string of the molecule is O=c1nccc(-c2ncn[nH]2)[nH]1. The molecular formula is C6H5N5O. The first-order chi connectivity index (χ1) is 5.86. The van der Waals surface area contributed by atoms with Crippen molar-refractivity contribution in [3.63, 3.8) is 0 Å². The molecular weight excluding hydrogens is 158 g/mol. The molecule has 60 valence electrons. The van der Waals surface area contributed by atoms with Crippen LogP contribution in [0.4, 0.5) is 0 Å². The van der Waals surface area contributed by atoms with Crippen LogP contribution in [0.3, 0.4) is 0 Å². The van der Waals surface area contributed by atoms with Gasteiger partial charge in [-0.05, 0) is 6.07 Å². The van der Waals surface area contributed by atoms with Crippen molar-refractivity contribution in [3.05, 3.63) is 29.1 Å². The molecule has 0 saturated carbocycles. The average molecular weight is 163 g/mol. The van der Waals surface area contributed by atoms with Gasteiger partial charge >= 0.3 is 5.69 Å². The predicted molar refractivity (Wildman–Crippen MR) is 40.2 cm³/mol. The van der Waals surface area contributed by atoms with Crippen molar-refractivity contribution in [2.24, 2.45) is 0 Å². The van der Waals surface area contributed by atoms with Crippen molar-refractivity contribution < 1.29 is 0 Å². The quantitative estimate of drug-likeness (QED) is 0.596. The van der Waals surface area contributed by atoms with Gasteiger partial charge in [-0.15, -0.1) is 0 Å². The van der Waals surface area contributed by atoms with Gasteiger partial charge in [0.15, 0.2) is 5.82 Å². The van der Waals surface area contributed by atoms with E-state index in [0.29, 0.717) is 11.5 Å². The molecule has 6 heteroatoms. The highest BCUT2D eigenvalue weighted by molar-refractivity contribution is 5.45. The molecule has 0 saturated heterocycles. The molecule has 0 fully saturated rings. The second-order valence-electron chi connectivity index (χ2n) is 2.12. The third-order valence-electron chi connectivity index (χ3n) is 1.34. The number of aromatic amines is 2. The molecule has 0 bridgehead atoms. The second kappa shape index (κ2) is 2.57. The zero-order valence-electron chi connectivity index (χ0n) is 5.98. The highest BCUT2D eigenvalue weighted by Gasteiger charge is 1.99. The Hall–Kier alpha value is -1.98. The van der Waals surface area contributed by atoms with Crippen molar-refractivity contribution in [3.8, 4) is 11.5 Å². The second-order valence-corrected chi connectivity index (χ2v) is 2.12. The third-order valence-corrected chi connectivity index (χ3v) is 1.34. The largest absolute Gasteiger partial charge is 0.345 e. The summed E-state index contributed by atoms with van der Waals surface area (Å²) in [5, 5.41) is 6.27. The number of nitrogens with zero attached hydrogens (tertiary/aromatic N) is 3. The van der Waals surface area contributed by atoms with E-state index in [2.05, 4.69) is 25.1 Å². The molecule has 0 atom stereocenters. The highest BCUT2D eigenvalue weighted by Crippen LogP contribution is 2.04. The fraction of sp³-hybridized carbons (Fsp3) is 0. The van der Waals surface area contributed by atoms with Gasteiger partial charge in [-0.1, -0.05) is 0 Å². The van der Waals surface area contributed by atoms with Gasteiger partial charge in [0, 0.05) is 6.20 Å². The molecule has 0 radical (unpaired) electrons. The number of H-pyrrole nitrogens is 2. The van der Waals surface area contributed by atoms with Crippen molar-refractivity contribution in [2.75, 3.05) is 0 Å². The molecule has 2 heterocycles. The number of nitrogens with one attached hydrogen (secondary N) is 2. The molecule has 0 amide bonds. The highest BCUT2D eigenvalue weighted by atomic mass is 16.1. The topological polar surface area (TPSA) is 87.3 Å². The molecule has 2 aromatic heterocycles. The van der Waals surface area contributed by atoms with Gasteiger partial charge in [0.1, 0.15) is 6.33 Å². The van der Waals surface area contributed by atoms with Crippen molar-refractivity contribution in [1.82, 2.24) is 25.1 Å². The van der Waals surface area contributed by atoms with Gasteiger partial charge in [-0.25, -0.2) is 14.8 Å². The Kier molecular flexibility index (Phi) is 1.44. The van der Waals surface area contributed by atoms with Crippen LogP contribution in [0.1, 0.15) is 0 Å². The van der Waals surface area contributed by atoms with Crippen molar-refractivity contribution in [1.29, 1.82) is 0 Å². The van der Waals surface area contributed by atoms with E-state index < -0.39 is 5.69 Å². The van der Waals surface area contributed by atoms with Crippen LogP contribution < -0.4 is 5.69 Å². The Labute approximate surface area is 66.7 Å². The van der Waals surface area contributed by atoms with E-state index >= 15 is 0 Å². The Bertz CT molecular complexity index is 418. The molecule has 0 aliphatic heterocycles. The molecule has 2 aromatic rings. The molecule has 0 aliphatic carbocycles. The number of rotatable bonds is 1. The fourth-order valence-corrected chi connectivity index (χ4v) is 0.842. The molecule has 2 N–H and O–H groups in total. The summed E-state index contributed by atoms with van der Waals surface area (Å²) in [5.74, 6) is 0.523. The number of aromatic nitrogens is 5. The van der Waals surface area contributed by atoms with Crippen LogP contribution in [-0.4, -0.2) is 25.1 Å². The van der Waals surface area contributed by atoms with Gasteiger partial charge in [-0.3, -0.25) is 5.10 Å². The third kappa shape index (κ3) is 1.09. The maximum Gasteiger partial charge on any atom is 0.345 e. The normalized spacial score (nSPS) is 10.0. The Morgan fingerprint density at radius 3 is 2.92 bits per heavy atom. The van der Waals surface area contributed by atoms with Crippen LogP contribution in [-0.2, 0) is 0 Å². The lowest BCUT2D eigenvalue weighted by Gasteiger charge is -1.91. The van der Waals surface area contributed by atoms with Gasteiger partial charge in [0.25, 0.3) is 0 Å². The van der Waals surface area contributed by atoms with Crippen LogP contribution in [0.2, 0.25) is 0 Å². The fourth-order valence-electron chi connectivity index (χ4n) is 0.842.